The van der Waals surface area contributed by atoms with Crippen LogP contribution in [0.4, 0.5) is 11.5 Å². The number of carbonyl (C=O) groups is 1. The van der Waals surface area contributed by atoms with E-state index in [-0.39, 0.29) is 5.91 Å². The molecule has 0 aliphatic heterocycles. The highest BCUT2D eigenvalue weighted by Gasteiger charge is 2.27. The summed E-state index contributed by atoms with van der Waals surface area (Å²) in [7, 11) is 1.49. The van der Waals surface area contributed by atoms with Gasteiger partial charge in [-0.2, -0.15) is 0 Å². The molecule has 1 aromatic heterocycles. The fourth-order valence-electron chi connectivity index (χ4n) is 1.08. The number of carbonyl (C=O) groups excluding carboxylic acids is 1. The van der Waals surface area contributed by atoms with Crippen molar-refractivity contribution in [3.63, 3.8) is 0 Å². The Bertz CT molecular complexity index is 402. The lowest BCUT2D eigenvalue weighted by atomic mass is 10.1. The summed E-state index contributed by atoms with van der Waals surface area (Å²) in [5, 5.41) is 2.70. The molecule has 1 rings (SSSR count). The van der Waals surface area contributed by atoms with E-state index < -0.39 is 5.60 Å². The quantitative estimate of drug-likeness (QED) is 0.810. The Kier molecular flexibility index (Phi) is 3.49. The summed E-state index contributed by atoms with van der Waals surface area (Å²) in [6.07, 6.45) is 1.50. The van der Waals surface area contributed by atoms with Gasteiger partial charge in [0.15, 0.2) is 0 Å². The predicted octanol–water partition coefficient (Wildman–Crippen LogP) is 1.34. The smallest absolute Gasteiger partial charge is 0.257 e. The van der Waals surface area contributed by atoms with Gasteiger partial charge in [-0.05, 0) is 32.4 Å². The highest BCUT2D eigenvalue weighted by Crippen LogP contribution is 2.16. The standard InChI is InChI=1S/C11H17N3O2/c1-7-5-8(12)6-13-9(7)14-10(15)11(2,3)16-4/h5-6H,12H2,1-4H3,(H,13,14,15). The molecule has 0 atom stereocenters. The maximum absolute atomic E-state index is 11.8. The number of aromatic nitrogens is 1. The first-order valence-electron chi connectivity index (χ1n) is 4.95. The molecule has 0 radical (unpaired) electrons. The Morgan fingerprint density at radius 3 is 2.69 bits per heavy atom. The van der Waals surface area contributed by atoms with E-state index in [2.05, 4.69) is 10.3 Å². The number of nitrogens with one attached hydrogen (secondary N) is 1. The molecule has 0 saturated heterocycles. The minimum absolute atomic E-state index is 0.240. The van der Waals surface area contributed by atoms with Crippen LogP contribution in [0.15, 0.2) is 12.3 Å². The van der Waals surface area contributed by atoms with E-state index in [1.54, 1.807) is 19.9 Å². The number of nitrogens with zero attached hydrogens (tertiary/aromatic N) is 1. The van der Waals surface area contributed by atoms with Crippen molar-refractivity contribution in [2.45, 2.75) is 26.4 Å². The molecule has 0 aliphatic rings. The largest absolute Gasteiger partial charge is 0.397 e. The van der Waals surface area contributed by atoms with Crippen LogP contribution in [0.25, 0.3) is 0 Å². The molecule has 0 saturated carbocycles. The third-order valence-electron chi connectivity index (χ3n) is 2.39. The number of nitrogen functional groups attached to an aromatic ring is 1. The Morgan fingerprint density at radius 1 is 1.56 bits per heavy atom. The minimum atomic E-state index is -0.879. The summed E-state index contributed by atoms with van der Waals surface area (Å²) in [5.74, 6) is 0.264. The maximum atomic E-state index is 11.8. The van der Waals surface area contributed by atoms with Crippen LogP contribution in [0.3, 0.4) is 0 Å². The zero-order valence-corrected chi connectivity index (χ0v) is 10.00. The molecule has 0 fully saturated rings. The van der Waals surface area contributed by atoms with Crippen LogP contribution in [-0.2, 0) is 9.53 Å². The number of aryl methyl sites for hydroxylation is 1. The normalized spacial score (nSPS) is 11.2. The number of ether oxygens (including phenoxy) is 1. The first-order valence-corrected chi connectivity index (χ1v) is 4.95. The number of nitrogens with two attached hydrogens (primary N) is 1. The topological polar surface area (TPSA) is 77.2 Å². The Labute approximate surface area is 95.0 Å². The molecule has 0 aliphatic carbocycles. The van der Waals surface area contributed by atoms with E-state index in [1.165, 1.54) is 13.3 Å². The second kappa shape index (κ2) is 4.49. The summed E-state index contributed by atoms with van der Waals surface area (Å²) in [4.78, 5) is 15.8. The molecule has 1 heterocycles. The zero-order chi connectivity index (χ0) is 12.3. The van der Waals surface area contributed by atoms with Gasteiger partial charge in [-0.25, -0.2) is 4.98 Å². The van der Waals surface area contributed by atoms with Gasteiger partial charge in [0.25, 0.3) is 5.91 Å². The number of anilines is 2. The van der Waals surface area contributed by atoms with E-state index in [4.69, 9.17) is 10.5 Å². The lowest BCUT2D eigenvalue weighted by molar-refractivity contribution is -0.133. The molecule has 0 bridgehead atoms. The van der Waals surface area contributed by atoms with Crippen LogP contribution < -0.4 is 11.1 Å². The van der Waals surface area contributed by atoms with Gasteiger partial charge in [-0.1, -0.05) is 0 Å². The summed E-state index contributed by atoms with van der Waals surface area (Å²) in [6, 6.07) is 1.75. The maximum Gasteiger partial charge on any atom is 0.257 e. The first kappa shape index (κ1) is 12.4. The fourth-order valence-corrected chi connectivity index (χ4v) is 1.08. The van der Waals surface area contributed by atoms with Gasteiger partial charge in [0.1, 0.15) is 11.4 Å². The van der Waals surface area contributed by atoms with E-state index in [0.717, 1.165) is 5.56 Å². The third-order valence-corrected chi connectivity index (χ3v) is 2.39. The Hall–Kier alpha value is -1.62. The van der Waals surface area contributed by atoms with Crippen LogP contribution in [0, 0.1) is 6.92 Å². The van der Waals surface area contributed by atoms with Gasteiger partial charge in [-0.3, -0.25) is 4.79 Å². The molecular formula is C11H17N3O2. The first-order chi connectivity index (χ1) is 7.36. The average molecular weight is 223 g/mol. The van der Waals surface area contributed by atoms with Crippen molar-refractivity contribution >= 4 is 17.4 Å². The van der Waals surface area contributed by atoms with Crippen molar-refractivity contribution in [3.8, 4) is 0 Å². The third kappa shape index (κ3) is 2.70. The van der Waals surface area contributed by atoms with Crippen molar-refractivity contribution in [2.24, 2.45) is 0 Å². The highest BCUT2D eigenvalue weighted by molar-refractivity contribution is 5.96. The highest BCUT2D eigenvalue weighted by atomic mass is 16.5. The zero-order valence-electron chi connectivity index (χ0n) is 10.00. The lowest BCUT2D eigenvalue weighted by Crippen LogP contribution is -2.39. The van der Waals surface area contributed by atoms with Gasteiger partial charge < -0.3 is 15.8 Å². The number of pyridine rings is 1. The van der Waals surface area contributed by atoms with Gasteiger partial charge in [0.05, 0.1) is 11.9 Å². The minimum Gasteiger partial charge on any atom is -0.397 e. The molecule has 0 aromatic carbocycles. The van der Waals surface area contributed by atoms with Crippen molar-refractivity contribution in [1.29, 1.82) is 0 Å². The van der Waals surface area contributed by atoms with E-state index in [1.807, 2.05) is 6.92 Å². The molecule has 3 N–H and O–H groups in total. The average Bonchev–Trinajstić information content (AvgIpc) is 2.22. The number of hydrogen-bond acceptors (Lipinski definition) is 4. The van der Waals surface area contributed by atoms with Crippen LogP contribution in [0.5, 0.6) is 0 Å². The fraction of sp³-hybridized carbons (Fsp3) is 0.455. The van der Waals surface area contributed by atoms with E-state index in [9.17, 15) is 4.79 Å². The Balaban J connectivity index is 2.85. The Morgan fingerprint density at radius 2 is 2.19 bits per heavy atom. The second-order valence-electron chi connectivity index (χ2n) is 4.10. The number of methoxy groups -OCH3 is 1. The number of rotatable bonds is 3. The summed E-state index contributed by atoms with van der Waals surface area (Å²) < 4.78 is 5.07. The van der Waals surface area contributed by atoms with Crippen LogP contribution in [0.1, 0.15) is 19.4 Å². The SMILES string of the molecule is COC(C)(C)C(=O)Nc1ncc(N)cc1C. The van der Waals surface area contributed by atoms with Crippen LogP contribution in [0.2, 0.25) is 0 Å². The van der Waals surface area contributed by atoms with E-state index >= 15 is 0 Å². The number of hydrogen-bond donors (Lipinski definition) is 2. The second-order valence-corrected chi connectivity index (χ2v) is 4.10. The molecule has 0 unspecified atom stereocenters. The van der Waals surface area contributed by atoms with Crippen LogP contribution in [-0.4, -0.2) is 23.6 Å². The van der Waals surface area contributed by atoms with Gasteiger partial charge in [0, 0.05) is 7.11 Å². The van der Waals surface area contributed by atoms with Gasteiger partial charge in [0.2, 0.25) is 0 Å². The molecule has 5 nitrogen and oxygen atoms in total. The van der Waals surface area contributed by atoms with Gasteiger partial charge >= 0.3 is 0 Å². The van der Waals surface area contributed by atoms with Crippen molar-refractivity contribution in [2.75, 3.05) is 18.2 Å². The molecule has 16 heavy (non-hydrogen) atoms. The molecule has 88 valence electrons. The summed E-state index contributed by atoms with van der Waals surface area (Å²) in [5.41, 5.74) is 6.08. The monoisotopic (exact) mass is 223 g/mol. The molecule has 5 heteroatoms. The molecule has 1 aromatic rings. The predicted molar refractivity (Wildman–Crippen MR) is 63.1 cm³/mol. The van der Waals surface area contributed by atoms with Crippen molar-refractivity contribution < 1.29 is 9.53 Å². The lowest BCUT2D eigenvalue weighted by Gasteiger charge is -2.21. The number of amides is 1. The molecule has 0 spiro atoms. The van der Waals surface area contributed by atoms with Gasteiger partial charge in [-0.15, -0.1) is 0 Å². The molecular weight excluding hydrogens is 206 g/mol. The van der Waals surface area contributed by atoms with Crippen molar-refractivity contribution in [1.82, 2.24) is 4.98 Å². The van der Waals surface area contributed by atoms with E-state index in [0.29, 0.717) is 11.5 Å². The summed E-state index contributed by atoms with van der Waals surface area (Å²) >= 11 is 0. The molecule has 1 amide bonds. The summed E-state index contributed by atoms with van der Waals surface area (Å²) in [6.45, 7) is 5.21. The van der Waals surface area contributed by atoms with Crippen molar-refractivity contribution in [3.05, 3.63) is 17.8 Å². The van der Waals surface area contributed by atoms with Crippen LogP contribution >= 0.6 is 0 Å².